The fraction of sp³-hybridized carbons (Fsp3) is 0.391. The van der Waals surface area contributed by atoms with Gasteiger partial charge in [-0.2, -0.15) is 0 Å². The summed E-state index contributed by atoms with van der Waals surface area (Å²) >= 11 is 0. The monoisotopic (exact) mass is 407 g/mol. The largest absolute Gasteiger partial charge is 0.371 e. The fourth-order valence-electron chi connectivity index (χ4n) is 4.53. The van der Waals surface area contributed by atoms with Gasteiger partial charge < -0.3 is 10.2 Å². The highest BCUT2D eigenvalue weighted by atomic mass is 19.1. The lowest BCUT2D eigenvalue weighted by Gasteiger charge is -2.32. The Morgan fingerprint density at radius 1 is 1.27 bits per heavy atom. The van der Waals surface area contributed by atoms with Crippen molar-refractivity contribution >= 4 is 17.4 Å². The first kappa shape index (κ1) is 20.2. The second-order valence-electron chi connectivity index (χ2n) is 8.24. The number of hydrogen-bond acceptors (Lipinski definition) is 5. The molecule has 4 rings (SSSR count). The molecule has 2 aliphatic rings. The molecule has 0 aromatic carbocycles. The van der Waals surface area contributed by atoms with E-state index in [1.807, 2.05) is 33.2 Å². The van der Waals surface area contributed by atoms with Gasteiger partial charge in [-0.05, 0) is 44.7 Å². The van der Waals surface area contributed by atoms with Crippen molar-refractivity contribution in [1.29, 1.82) is 0 Å². The molecule has 30 heavy (non-hydrogen) atoms. The highest BCUT2D eigenvalue weighted by molar-refractivity contribution is 5.94. The van der Waals surface area contributed by atoms with Crippen LogP contribution in [0, 0.1) is 36.9 Å². The predicted molar refractivity (Wildman–Crippen MR) is 115 cm³/mol. The number of aromatic nitrogens is 3. The van der Waals surface area contributed by atoms with Crippen LogP contribution in [0.2, 0.25) is 0 Å². The van der Waals surface area contributed by atoms with E-state index in [0.717, 1.165) is 42.8 Å². The van der Waals surface area contributed by atoms with Crippen LogP contribution < -0.4 is 10.2 Å². The molecule has 0 spiro atoms. The molecule has 0 bridgehead atoms. The molecule has 1 fully saturated rings. The maximum Gasteiger partial charge on any atom is 0.229 e. The van der Waals surface area contributed by atoms with Crippen molar-refractivity contribution in [3.05, 3.63) is 66.2 Å². The van der Waals surface area contributed by atoms with Crippen LogP contribution >= 0.6 is 0 Å². The van der Waals surface area contributed by atoms with Gasteiger partial charge >= 0.3 is 0 Å². The van der Waals surface area contributed by atoms with Crippen molar-refractivity contribution in [2.75, 3.05) is 23.8 Å². The number of nitrogens with zero attached hydrogens (tertiary/aromatic N) is 4. The summed E-state index contributed by atoms with van der Waals surface area (Å²) in [6.07, 6.45) is 13.1. The van der Waals surface area contributed by atoms with Gasteiger partial charge in [0.1, 0.15) is 17.5 Å². The second kappa shape index (κ2) is 7.97. The van der Waals surface area contributed by atoms with Gasteiger partial charge in [0.15, 0.2) is 0 Å². The van der Waals surface area contributed by atoms with Crippen LogP contribution in [0.5, 0.6) is 0 Å². The average Bonchev–Trinajstić information content (AvgIpc) is 3.45. The van der Waals surface area contributed by atoms with Crippen molar-refractivity contribution in [2.24, 2.45) is 17.3 Å². The molecule has 7 heteroatoms. The Kier molecular flexibility index (Phi) is 5.37. The Labute approximate surface area is 176 Å². The number of hydrogen-bond donors (Lipinski definition) is 1. The number of carbonyl (C=O) groups is 1. The summed E-state index contributed by atoms with van der Waals surface area (Å²) in [4.78, 5) is 28.0. The zero-order valence-electron chi connectivity index (χ0n) is 17.5. The molecule has 1 saturated carbocycles. The smallest absolute Gasteiger partial charge is 0.229 e. The summed E-state index contributed by atoms with van der Waals surface area (Å²) in [5.74, 6) is 0.758. The number of pyridine rings is 1. The van der Waals surface area contributed by atoms with E-state index in [9.17, 15) is 9.18 Å². The van der Waals surface area contributed by atoms with Crippen LogP contribution in [-0.4, -0.2) is 34.5 Å². The van der Waals surface area contributed by atoms with Gasteiger partial charge in [0.05, 0.1) is 23.8 Å². The van der Waals surface area contributed by atoms with Crippen LogP contribution in [0.25, 0.3) is 0 Å². The van der Waals surface area contributed by atoms with Crippen LogP contribution in [0.3, 0.4) is 0 Å². The molecule has 2 heterocycles. The highest BCUT2D eigenvalue weighted by Gasteiger charge is 2.61. The highest BCUT2D eigenvalue weighted by Crippen LogP contribution is 2.60. The van der Waals surface area contributed by atoms with Gasteiger partial charge in [0.2, 0.25) is 5.91 Å². The lowest BCUT2D eigenvalue weighted by Crippen LogP contribution is -2.35. The van der Waals surface area contributed by atoms with Crippen molar-refractivity contribution in [3.8, 4) is 0 Å². The topological polar surface area (TPSA) is 71.0 Å². The first-order valence-corrected chi connectivity index (χ1v) is 10.2. The first-order chi connectivity index (χ1) is 14.4. The zero-order chi connectivity index (χ0) is 21.3. The van der Waals surface area contributed by atoms with Gasteiger partial charge in [-0.25, -0.2) is 19.3 Å². The molecule has 1 unspecified atom stereocenters. The zero-order valence-corrected chi connectivity index (χ0v) is 17.5. The number of amides is 1. The Bertz CT molecular complexity index is 1000. The van der Waals surface area contributed by atoms with Crippen LogP contribution in [0.4, 0.5) is 15.9 Å². The predicted octanol–water partition coefficient (Wildman–Crippen LogP) is 3.84. The molecule has 0 aliphatic heterocycles. The number of halogens is 1. The molecule has 3 atom stereocenters. The molecule has 0 radical (unpaired) electrons. The lowest BCUT2D eigenvalue weighted by molar-refractivity contribution is -0.118. The van der Waals surface area contributed by atoms with Crippen molar-refractivity contribution in [3.63, 3.8) is 0 Å². The van der Waals surface area contributed by atoms with E-state index < -0.39 is 5.82 Å². The van der Waals surface area contributed by atoms with Crippen molar-refractivity contribution < 1.29 is 9.18 Å². The van der Waals surface area contributed by atoms with E-state index in [1.54, 1.807) is 0 Å². The van der Waals surface area contributed by atoms with Gasteiger partial charge in [0.25, 0.3) is 0 Å². The summed E-state index contributed by atoms with van der Waals surface area (Å²) < 4.78 is 13.1. The maximum atomic E-state index is 13.1. The summed E-state index contributed by atoms with van der Waals surface area (Å²) in [5, 5.41) is 2.85. The molecule has 156 valence electrons. The minimum atomic E-state index is -0.426. The molecule has 2 aliphatic carbocycles. The fourth-order valence-corrected chi connectivity index (χ4v) is 4.53. The number of aryl methyl sites for hydroxylation is 2. The quantitative estimate of drug-likeness (QED) is 0.788. The van der Waals surface area contributed by atoms with Crippen LogP contribution in [0.15, 0.2) is 48.8 Å². The third kappa shape index (κ3) is 3.97. The van der Waals surface area contributed by atoms with Gasteiger partial charge in [0, 0.05) is 24.9 Å². The molecular formula is C23H26FN5O. The van der Waals surface area contributed by atoms with E-state index in [0.29, 0.717) is 5.82 Å². The van der Waals surface area contributed by atoms with Crippen LogP contribution in [0.1, 0.15) is 24.4 Å². The molecule has 1 N–H and O–H groups in total. The lowest BCUT2D eigenvalue weighted by atomic mass is 9.81. The number of allylic oxidation sites excluding steroid dienone is 4. The van der Waals surface area contributed by atoms with Crippen LogP contribution in [-0.2, 0) is 4.79 Å². The van der Waals surface area contributed by atoms with Crippen molar-refractivity contribution in [2.45, 2.75) is 26.7 Å². The molecule has 1 amide bonds. The van der Waals surface area contributed by atoms with E-state index in [2.05, 4.69) is 43.4 Å². The van der Waals surface area contributed by atoms with Crippen molar-refractivity contribution in [1.82, 2.24) is 15.0 Å². The Hall–Kier alpha value is -3.09. The number of rotatable bonds is 6. The number of carbonyl (C=O) groups excluding carboxylic acids is 1. The van der Waals surface area contributed by atoms with Gasteiger partial charge in [-0.15, -0.1) is 0 Å². The number of anilines is 2. The average molecular weight is 407 g/mol. The minimum absolute atomic E-state index is 0.0673. The maximum absolute atomic E-state index is 13.1. The first-order valence-electron chi connectivity index (χ1n) is 10.2. The summed E-state index contributed by atoms with van der Waals surface area (Å²) in [6, 6.07) is 2.78. The molecule has 2 aromatic heterocycles. The third-order valence-electron chi connectivity index (χ3n) is 6.15. The SMILES string of the molecule is Cc1ncc(N(C)C[C@@]2(C3C=CC=CC3)C[C@H]2C(=O)Nc2ccc(F)cn2)c(C)n1. The van der Waals surface area contributed by atoms with E-state index in [1.165, 1.54) is 12.1 Å². The second-order valence-corrected chi connectivity index (χ2v) is 8.24. The molecular weight excluding hydrogens is 381 g/mol. The van der Waals surface area contributed by atoms with E-state index in [-0.39, 0.29) is 23.2 Å². The van der Waals surface area contributed by atoms with Gasteiger partial charge in [-0.3, -0.25) is 4.79 Å². The Balaban J connectivity index is 1.54. The normalized spacial score (nSPS) is 24.5. The third-order valence-corrected chi connectivity index (χ3v) is 6.15. The molecule has 2 aromatic rings. The van der Waals surface area contributed by atoms with E-state index >= 15 is 0 Å². The minimum Gasteiger partial charge on any atom is -0.371 e. The summed E-state index contributed by atoms with van der Waals surface area (Å²) in [5.41, 5.74) is 1.72. The summed E-state index contributed by atoms with van der Waals surface area (Å²) in [7, 11) is 2.03. The molecule has 0 saturated heterocycles. The Morgan fingerprint density at radius 2 is 2.10 bits per heavy atom. The number of nitrogens with one attached hydrogen (secondary N) is 1. The molecule has 6 nitrogen and oxygen atoms in total. The van der Waals surface area contributed by atoms with Gasteiger partial charge in [-0.1, -0.05) is 24.3 Å². The van der Waals surface area contributed by atoms with E-state index in [4.69, 9.17) is 0 Å². The summed E-state index contributed by atoms with van der Waals surface area (Å²) in [6.45, 7) is 4.58. The standard InChI is InChI=1S/C23H26FN5O/c1-15-20(13-25-16(2)27-15)29(3)14-23(17-7-5-4-6-8-17)11-19(23)22(30)28-21-10-9-18(24)12-26-21/h4-7,9-10,12-13,17,19H,8,11,14H2,1-3H3,(H,26,28,30)/t17?,19-,23+/m0/s1. The Morgan fingerprint density at radius 3 is 2.77 bits per heavy atom.